The molecule has 1 aromatic rings. The summed E-state index contributed by atoms with van der Waals surface area (Å²) in [6, 6.07) is 9.03. The third kappa shape index (κ3) is 3.02. The molecule has 2 fully saturated rings. The summed E-state index contributed by atoms with van der Waals surface area (Å²) < 4.78 is 0. The minimum Gasteiger partial charge on any atom is -0.312 e. The third-order valence-corrected chi connectivity index (χ3v) is 5.30. The summed E-state index contributed by atoms with van der Waals surface area (Å²) >= 11 is 0. The van der Waals surface area contributed by atoms with E-state index in [9.17, 15) is 0 Å². The minimum atomic E-state index is 0.606. The van der Waals surface area contributed by atoms with Gasteiger partial charge in [0.1, 0.15) is 0 Å². The standard InChI is InChI=1S/C18H27N/c1-2-18(11-5-6-12-18)14-19-13-16-7-3-4-8-17(16)15-9-10-15/h3-4,7-8,15,19H,2,5-6,9-14H2,1H3. The second-order valence-electron chi connectivity index (χ2n) is 6.64. The summed E-state index contributed by atoms with van der Waals surface area (Å²) in [5.74, 6) is 0.865. The molecule has 0 atom stereocenters. The predicted octanol–water partition coefficient (Wildman–Crippen LogP) is 4.62. The zero-order valence-corrected chi connectivity index (χ0v) is 12.3. The molecular formula is C18H27N. The van der Waals surface area contributed by atoms with Gasteiger partial charge in [0.25, 0.3) is 0 Å². The SMILES string of the molecule is CCC1(CNCc2ccccc2C2CC2)CCCC1. The number of rotatable bonds is 6. The molecule has 1 nitrogen and oxygen atoms in total. The van der Waals surface area contributed by atoms with Crippen molar-refractivity contribution in [2.24, 2.45) is 5.41 Å². The van der Waals surface area contributed by atoms with Gasteiger partial charge in [-0.05, 0) is 54.6 Å². The van der Waals surface area contributed by atoms with Crippen LogP contribution in [0.2, 0.25) is 0 Å². The van der Waals surface area contributed by atoms with Crippen LogP contribution in [0.4, 0.5) is 0 Å². The number of hydrogen-bond donors (Lipinski definition) is 1. The van der Waals surface area contributed by atoms with Crippen LogP contribution >= 0.6 is 0 Å². The van der Waals surface area contributed by atoms with Crippen molar-refractivity contribution in [1.82, 2.24) is 5.32 Å². The summed E-state index contributed by atoms with van der Waals surface area (Å²) in [4.78, 5) is 0. The molecule has 0 unspecified atom stereocenters. The van der Waals surface area contributed by atoms with Gasteiger partial charge in [-0.25, -0.2) is 0 Å². The van der Waals surface area contributed by atoms with Crippen LogP contribution in [0.3, 0.4) is 0 Å². The maximum Gasteiger partial charge on any atom is 0.0208 e. The van der Waals surface area contributed by atoms with E-state index in [-0.39, 0.29) is 0 Å². The summed E-state index contributed by atoms with van der Waals surface area (Å²) in [5, 5.41) is 3.76. The van der Waals surface area contributed by atoms with Gasteiger partial charge in [-0.1, -0.05) is 44.0 Å². The Bertz CT molecular complexity index is 413. The molecule has 1 aromatic carbocycles. The molecule has 0 aliphatic heterocycles. The second kappa shape index (κ2) is 5.66. The van der Waals surface area contributed by atoms with E-state index in [2.05, 4.69) is 36.5 Å². The van der Waals surface area contributed by atoms with Gasteiger partial charge < -0.3 is 5.32 Å². The van der Waals surface area contributed by atoms with Crippen LogP contribution in [0.15, 0.2) is 24.3 Å². The Balaban J connectivity index is 1.57. The first-order valence-corrected chi connectivity index (χ1v) is 8.11. The molecule has 2 aliphatic rings. The summed E-state index contributed by atoms with van der Waals surface area (Å²) in [6.07, 6.45) is 9.87. The molecule has 0 radical (unpaired) electrons. The van der Waals surface area contributed by atoms with Crippen molar-refractivity contribution in [2.75, 3.05) is 6.54 Å². The highest BCUT2D eigenvalue weighted by Gasteiger charge is 2.31. The Kier molecular flexibility index (Phi) is 3.93. The molecule has 0 aromatic heterocycles. The molecule has 19 heavy (non-hydrogen) atoms. The van der Waals surface area contributed by atoms with E-state index in [0.29, 0.717) is 5.41 Å². The largest absolute Gasteiger partial charge is 0.312 e. The van der Waals surface area contributed by atoms with Gasteiger partial charge >= 0.3 is 0 Å². The highest BCUT2D eigenvalue weighted by molar-refractivity contribution is 5.33. The molecule has 2 aliphatic carbocycles. The van der Waals surface area contributed by atoms with E-state index >= 15 is 0 Å². The van der Waals surface area contributed by atoms with Crippen molar-refractivity contribution in [3.05, 3.63) is 35.4 Å². The van der Waals surface area contributed by atoms with Crippen LogP contribution in [0.1, 0.15) is 68.9 Å². The quantitative estimate of drug-likeness (QED) is 0.784. The van der Waals surface area contributed by atoms with Gasteiger partial charge in [0, 0.05) is 13.1 Å². The topological polar surface area (TPSA) is 12.0 Å². The van der Waals surface area contributed by atoms with Crippen molar-refractivity contribution in [1.29, 1.82) is 0 Å². The fourth-order valence-corrected chi connectivity index (χ4v) is 3.73. The number of nitrogens with one attached hydrogen (secondary N) is 1. The van der Waals surface area contributed by atoms with Crippen molar-refractivity contribution in [2.45, 2.75) is 64.3 Å². The molecule has 0 saturated heterocycles. The molecular weight excluding hydrogens is 230 g/mol. The molecule has 0 amide bonds. The normalized spacial score (nSPS) is 21.7. The highest BCUT2D eigenvalue weighted by atomic mass is 14.9. The predicted molar refractivity (Wildman–Crippen MR) is 81.3 cm³/mol. The number of benzene rings is 1. The highest BCUT2D eigenvalue weighted by Crippen LogP contribution is 2.42. The molecule has 2 saturated carbocycles. The zero-order valence-electron chi connectivity index (χ0n) is 12.3. The summed E-state index contributed by atoms with van der Waals surface area (Å²) in [6.45, 7) is 4.64. The monoisotopic (exact) mass is 257 g/mol. The Hall–Kier alpha value is -0.820. The van der Waals surface area contributed by atoms with Crippen molar-refractivity contribution >= 4 is 0 Å². The van der Waals surface area contributed by atoms with Crippen LogP contribution in [-0.2, 0) is 6.54 Å². The second-order valence-corrected chi connectivity index (χ2v) is 6.64. The smallest absolute Gasteiger partial charge is 0.0208 e. The van der Waals surface area contributed by atoms with Crippen LogP contribution in [0, 0.1) is 5.41 Å². The maximum atomic E-state index is 3.76. The lowest BCUT2D eigenvalue weighted by atomic mass is 9.83. The van der Waals surface area contributed by atoms with E-state index in [0.717, 1.165) is 12.5 Å². The van der Waals surface area contributed by atoms with E-state index < -0.39 is 0 Å². The van der Waals surface area contributed by atoms with Crippen LogP contribution in [0.25, 0.3) is 0 Å². The van der Waals surface area contributed by atoms with Gasteiger partial charge in [-0.15, -0.1) is 0 Å². The average Bonchev–Trinajstić information content (AvgIpc) is 3.19. The summed E-state index contributed by atoms with van der Waals surface area (Å²) in [5.41, 5.74) is 3.75. The lowest BCUT2D eigenvalue weighted by Gasteiger charge is -2.28. The first kappa shape index (κ1) is 13.2. The van der Waals surface area contributed by atoms with Gasteiger partial charge in [-0.2, -0.15) is 0 Å². The minimum absolute atomic E-state index is 0.606. The average molecular weight is 257 g/mol. The van der Waals surface area contributed by atoms with Gasteiger partial charge in [-0.3, -0.25) is 0 Å². The van der Waals surface area contributed by atoms with Crippen LogP contribution in [-0.4, -0.2) is 6.54 Å². The first-order valence-electron chi connectivity index (χ1n) is 8.11. The molecule has 0 heterocycles. The lowest BCUT2D eigenvalue weighted by Crippen LogP contribution is -2.31. The third-order valence-electron chi connectivity index (χ3n) is 5.30. The first-order chi connectivity index (χ1) is 9.33. The molecule has 3 rings (SSSR count). The Morgan fingerprint density at radius 1 is 1.16 bits per heavy atom. The van der Waals surface area contributed by atoms with Gasteiger partial charge in [0.05, 0.1) is 0 Å². The molecule has 1 heteroatoms. The molecule has 104 valence electrons. The van der Waals surface area contributed by atoms with Crippen LogP contribution in [0.5, 0.6) is 0 Å². The molecule has 0 spiro atoms. The Morgan fingerprint density at radius 2 is 1.89 bits per heavy atom. The molecule has 1 N–H and O–H groups in total. The maximum absolute atomic E-state index is 3.76. The van der Waals surface area contributed by atoms with Gasteiger partial charge in [0.15, 0.2) is 0 Å². The van der Waals surface area contributed by atoms with E-state index in [1.165, 1.54) is 57.1 Å². The van der Waals surface area contributed by atoms with Crippen molar-refractivity contribution in [3.63, 3.8) is 0 Å². The van der Waals surface area contributed by atoms with E-state index in [1.54, 1.807) is 5.56 Å². The van der Waals surface area contributed by atoms with Gasteiger partial charge in [0.2, 0.25) is 0 Å². The van der Waals surface area contributed by atoms with Crippen molar-refractivity contribution < 1.29 is 0 Å². The van der Waals surface area contributed by atoms with E-state index in [1.807, 2.05) is 0 Å². The number of hydrogen-bond acceptors (Lipinski definition) is 1. The zero-order chi connectivity index (χ0) is 13.1. The van der Waals surface area contributed by atoms with Crippen molar-refractivity contribution in [3.8, 4) is 0 Å². The summed E-state index contributed by atoms with van der Waals surface area (Å²) in [7, 11) is 0. The van der Waals surface area contributed by atoms with E-state index in [4.69, 9.17) is 0 Å². The Morgan fingerprint density at radius 3 is 2.58 bits per heavy atom. The lowest BCUT2D eigenvalue weighted by molar-refractivity contribution is 0.268. The fraction of sp³-hybridized carbons (Fsp3) is 0.667. The molecule has 0 bridgehead atoms. The Labute approximate surface area is 117 Å². The van der Waals surface area contributed by atoms with Crippen LogP contribution < -0.4 is 5.32 Å². The fourth-order valence-electron chi connectivity index (χ4n) is 3.73.